The van der Waals surface area contributed by atoms with Gasteiger partial charge in [-0.05, 0) is 30.5 Å². The van der Waals surface area contributed by atoms with Crippen LogP contribution in [0.1, 0.15) is 11.3 Å². The third-order valence-electron chi connectivity index (χ3n) is 3.62. The number of benzene rings is 2. The molecule has 0 atom stereocenters. The molecule has 0 amide bonds. The molecule has 1 N–H and O–H groups in total. The van der Waals surface area contributed by atoms with Gasteiger partial charge in [0.25, 0.3) is 0 Å². The number of H-pyrrole nitrogens is 1. The number of rotatable bonds is 2. The summed E-state index contributed by atoms with van der Waals surface area (Å²) in [7, 11) is 0. The standard InChI is InChI=1S/C18H17N/c1-13-14(2)19-18(16-11-7-4-8-12-16)17(13)15-9-5-3-6-10-15/h3-12,19H,1-2H3. The van der Waals surface area contributed by atoms with E-state index in [1.54, 1.807) is 0 Å². The summed E-state index contributed by atoms with van der Waals surface area (Å²) in [4.78, 5) is 3.53. The number of nitrogens with one attached hydrogen (secondary N) is 1. The zero-order valence-corrected chi connectivity index (χ0v) is 11.3. The van der Waals surface area contributed by atoms with Gasteiger partial charge in [0, 0.05) is 11.3 Å². The van der Waals surface area contributed by atoms with Crippen LogP contribution in [0.3, 0.4) is 0 Å². The largest absolute Gasteiger partial charge is 0.358 e. The maximum absolute atomic E-state index is 3.53. The van der Waals surface area contributed by atoms with E-state index in [2.05, 4.69) is 73.4 Å². The third-order valence-corrected chi connectivity index (χ3v) is 3.62. The van der Waals surface area contributed by atoms with Crippen LogP contribution in [0.2, 0.25) is 0 Å². The summed E-state index contributed by atoms with van der Waals surface area (Å²) >= 11 is 0. The Kier molecular flexibility index (Phi) is 2.96. The first-order chi connectivity index (χ1) is 9.27. The molecule has 3 rings (SSSR count). The summed E-state index contributed by atoms with van der Waals surface area (Å²) in [6.45, 7) is 4.31. The van der Waals surface area contributed by atoms with E-state index in [0.29, 0.717) is 0 Å². The van der Waals surface area contributed by atoms with Crippen LogP contribution in [-0.2, 0) is 0 Å². The molecule has 19 heavy (non-hydrogen) atoms. The summed E-state index contributed by atoms with van der Waals surface area (Å²) in [6, 6.07) is 21.1. The Morgan fingerprint density at radius 3 is 1.79 bits per heavy atom. The van der Waals surface area contributed by atoms with Crippen LogP contribution in [-0.4, -0.2) is 4.98 Å². The molecule has 0 saturated carbocycles. The topological polar surface area (TPSA) is 15.8 Å². The molecule has 0 aliphatic heterocycles. The number of aromatic amines is 1. The second-order valence-electron chi connectivity index (χ2n) is 4.86. The predicted octanol–water partition coefficient (Wildman–Crippen LogP) is 4.97. The molecule has 0 aliphatic carbocycles. The summed E-state index contributed by atoms with van der Waals surface area (Å²) in [5.41, 5.74) is 7.58. The van der Waals surface area contributed by atoms with E-state index in [9.17, 15) is 0 Å². The summed E-state index contributed by atoms with van der Waals surface area (Å²) in [6.07, 6.45) is 0. The molecule has 0 radical (unpaired) electrons. The molecule has 2 aromatic carbocycles. The van der Waals surface area contributed by atoms with Gasteiger partial charge in [-0.15, -0.1) is 0 Å². The fraction of sp³-hybridized carbons (Fsp3) is 0.111. The van der Waals surface area contributed by atoms with Crippen molar-refractivity contribution in [1.29, 1.82) is 0 Å². The van der Waals surface area contributed by atoms with E-state index in [4.69, 9.17) is 0 Å². The minimum Gasteiger partial charge on any atom is -0.358 e. The molecule has 3 aromatic rings. The van der Waals surface area contributed by atoms with E-state index in [1.165, 1.54) is 33.6 Å². The number of hydrogen-bond acceptors (Lipinski definition) is 0. The van der Waals surface area contributed by atoms with E-state index < -0.39 is 0 Å². The molecule has 0 spiro atoms. The maximum atomic E-state index is 3.53. The van der Waals surface area contributed by atoms with Gasteiger partial charge in [-0.1, -0.05) is 60.7 Å². The molecule has 0 aliphatic rings. The average Bonchev–Trinajstić information content (AvgIpc) is 2.77. The Balaban J connectivity index is 2.25. The first kappa shape index (κ1) is 11.8. The Bertz CT molecular complexity index is 678. The van der Waals surface area contributed by atoms with Crippen molar-refractivity contribution >= 4 is 0 Å². The van der Waals surface area contributed by atoms with E-state index >= 15 is 0 Å². The number of hydrogen-bond donors (Lipinski definition) is 1. The van der Waals surface area contributed by atoms with Crippen LogP contribution in [0.5, 0.6) is 0 Å². The van der Waals surface area contributed by atoms with Crippen LogP contribution in [0, 0.1) is 13.8 Å². The maximum Gasteiger partial charge on any atom is 0.0538 e. The molecular weight excluding hydrogens is 230 g/mol. The van der Waals surface area contributed by atoms with Gasteiger partial charge in [0.2, 0.25) is 0 Å². The van der Waals surface area contributed by atoms with Crippen molar-refractivity contribution in [3.8, 4) is 22.4 Å². The summed E-state index contributed by atoms with van der Waals surface area (Å²) in [5, 5.41) is 0. The van der Waals surface area contributed by atoms with Crippen molar-refractivity contribution in [2.75, 3.05) is 0 Å². The number of aromatic nitrogens is 1. The van der Waals surface area contributed by atoms with Crippen molar-refractivity contribution in [2.45, 2.75) is 13.8 Å². The fourth-order valence-corrected chi connectivity index (χ4v) is 2.51. The fourth-order valence-electron chi connectivity index (χ4n) is 2.51. The second kappa shape index (κ2) is 4.77. The smallest absolute Gasteiger partial charge is 0.0538 e. The SMILES string of the molecule is Cc1[nH]c(-c2ccccc2)c(-c2ccccc2)c1C. The lowest BCUT2D eigenvalue weighted by atomic mass is 9.98. The van der Waals surface area contributed by atoms with E-state index in [-0.39, 0.29) is 0 Å². The Hall–Kier alpha value is -2.28. The first-order valence-corrected chi connectivity index (χ1v) is 6.57. The molecule has 1 nitrogen and oxygen atoms in total. The molecule has 0 unspecified atom stereocenters. The van der Waals surface area contributed by atoms with E-state index in [1.807, 2.05) is 6.07 Å². The highest BCUT2D eigenvalue weighted by atomic mass is 14.7. The zero-order valence-electron chi connectivity index (χ0n) is 11.3. The second-order valence-corrected chi connectivity index (χ2v) is 4.86. The van der Waals surface area contributed by atoms with Gasteiger partial charge >= 0.3 is 0 Å². The molecule has 0 bridgehead atoms. The normalized spacial score (nSPS) is 10.6. The lowest BCUT2D eigenvalue weighted by molar-refractivity contribution is 1.23. The molecule has 1 aromatic heterocycles. The molecule has 0 saturated heterocycles. The quantitative estimate of drug-likeness (QED) is 0.658. The van der Waals surface area contributed by atoms with Crippen molar-refractivity contribution in [3.63, 3.8) is 0 Å². The van der Waals surface area contributed by atoms with Gasteiger partial charge in [0.1, 0.15) is 0 Å². The van der Waals surface area contributed by atoms with Gasteiger partial charge in [-0.2, -0.15) is 0 Å². The van der Waals surface area contributed by atoms with Gasteiger partial charge in [0.15, 0.2) is 0 Å². The number of aryl methyl sites for hydroxylation is 1. The van der Waals surface area contributed by atoms with Gasteiger partial charge < -0.3 is 4.98 Å². The van der Waals surface area contributed by atoms with Crippen molar-refractivity contribution in [1.82, 2.24) is 4.98 Å². The van der Waals surface area contributed by atoms with Crippen LogP contribution in [0.4, 0.5) is 0 Å². The first-order valence-electron chi connectivity index (χ1n) is 6.57. The monoisotopic (exact) mass is 247 g/mol. The van der Waals surface area contributed by atoms with Crippen LogP contribution >= 0.6 is 0 Å². The Morgan fingerprint density at radius 1 is 0.684 bits per heavy atom. The molecule has 1 heteroatoms. The lowest BCUT2D eigenvalue weighted by Gasteiger charge is -2.06. The van der Waals surface area contributed by atoms with Crippen molar-refractivity contribution in [2.24, 2.45) is 0 Å². The predicted molar refractivity (Wildman–Crippen MR) is 81.1 cm³/mol. The highest BCUT2D eigenvalue weighted by molar-refractivity contribution is 5.84. The van der Waals surface area contributed by atoms with Crippen LogP contribution < -0.4 is 0 Å². The highest BCUT2D eigenvalue weighted by Gasteiger charge is 2.14. The van der Waals surface area contributed by atoms with Gasteiger partial charge in [-0.3, -0.25) is 0 Å². The summed E-state index contributed by atoms with van der Waals surface area (Å²) < 4.78 is 0. The molecule has 0 fully saturated rings. The molecule has 1 heterocycles. The Morgan fingerprint density at radius 2 is 1.21 bits per heavy atom. The van der Waals surface area contributed by atoms with Crippen LogP contribution in [0.15, 0.2) is 60.7 Å². The third kappa shape index (κ3) is 2.08. The highest BCUT2D eigenvalue weighted by Crippen LogP contribution is 2.35. The average molecular weight is 247 g/mol. The van der Waals surface area contributed by atoms with Crippen molar-refractivity contribution < 1.29 is 0 Å². The minimum absolute atomic E-state index is 1.21. The summed E-state index contributed by atoms with van der Waals surface area (Å²) in [5.74, 6) is 0. The van der Waals surface area contributed by atoms with Crippen LogP contribution in [0.25, 0.3) is 22.4 Å². The van der Waals surface area contributed by atoms with Gasteiger partial charge in [0.05, 0.1) is 5.69 Å². The van der Waals surface area contributed by atoms with E-state index in [0.717, 1.165) is 0 Å². The lowest BCUT2D eigenvalue weighted by Crippen LogP contribution is -1.83. The zero-order chi connectivity index (χ0) is 13.2. The molecular formula is C18H17N. The molecule has 94 valence electrons. The Labute approximate surface area is 113 Å². The van der Waals surface area contributed by atoms with Gasteiger partial charge in [-0.25, -0.2) is 0 Å². The minimum atomic E-state index is 1.21. The van der Waals surface area contributed by atoms with Crippen molar-refractivity contribution in [3.05, 3.63) is 71.9 Å².